The second-order valence-corrected chi connectivity index (χ2v) is 4.60. The van der Waals surface area contributed by atoms with E-state index < -0.39 is 11.7 Å². The van der Waals surface area contributed by atoms with E-state index >= 15 is 0 Å². The highest BCUT2D eigenvalue weighted by Gasteiger charge is 2.33. The predicted octanol–water partition coefficient (Wildman–Crippen LogP) is 4.07. The van der Waals surface area contributed by atoms with Crippen molar-refractivity contribution in [1.29, 1.82) is 0 Å². The van der Waals surface area contributed by atoms with Crippen molar-refractivity contribution in [1.82, 2.24) is 0 Å². The summed E-state index contributed by atoms with van der Waals surface area (Å²) in [7, 11) is 0. The lowest BCUT2D eigenvalue weighted by molar-refractivity contribution is -0.138. The quantitative estimate of drug-likeness (QED) is 0.831. The Morgan fingerprint density at radius 3 is 2.65 bits per heavy atom. The Morgan fingerprint density at radius 1 is 1.29 bits per heavy atom. The van der Waals surface area contributed by atoms with E-state index in [1.165, 1.54) is 6.07 Å². The van der Waals surface area contributed by atoms with Crippen LogP contribution in [0.15, 0.2) is 27.7 Å². The number of aliphatic imine (C=N–C) groups is 1. The molecule has 0 saturated heterocycles. The number of benzene rings is 1. The van der Waals surface area contributed by atoms with Gasteiger partial charge in [-0.1, -0.05) is 15.9 Å². The van der Waals surface area contributed by atoms with Crippen LogP contribution in [0.1, 0.15) is 18.4 Å². The molecule has 0 unspecified atom stereocenters. The Hall–Kier alpha value is -1.04. The Morgan fingerprint density at radius 2 is 2.06 bits per heavy atom. The molecule has 0 bridgehead atoms. The largest absolute Gasteiger partial charge is 0.417 e. The monoisotopic (exact) mass is 306 g/mol. The highest BCUT2D eigenvalue weighted by Crippen LogP contribution is 2.36. The Bertz CT molecular complexity index is 455. The van der Waals surface area contributed by atoms with E-state index in [4.69, 9.17) is 0 Å². The van der Waals surface area contributed by atoms with Gasteiger partial charge in [0, 0.05) is 23.1 Å². The molecule has 0 aliphatic carbocycles. The number of anilines is 1. The second kappa shape index (κ2) is 4.68. The van der Waals surface area contributed by atoms with E-state index in [9.17, 15) is 13.2 Å². The van der Waals surface area contributed by atoms with Gasteiger partial charge in [-0.25, -0.2) is 0 Å². The number of amidine groups is 1. The van der Waals surface area contributed by atoms with Crippen molar-refractivity contribution in [2.75, 3.05) is 11.9 Å². The van der Waals surface area contributed by atoms with E-state index in [0.717, 1.165) is 31.3 Å². The average molecular weight is 307 g/mol. The van der Waals surface area contributed by atoms with Crippen LogP contribution >= 0.6 is 15.9 Å². The van der Waals surface area contributed by atoms with Crippen molar-refractivity contribution >= 4 is 27.5 Å². The highest BCUT2D eigenvalue weighted by molar-refractivity contribution is 9.10. The SMILES string of the molecule is FC(F)(F)c1cc(NC2=NCCC2)ccc1Br. The van der Waals surface area contributed by atoms with E-state index in [0.29, 0.717) is 5.69 Å². The van der Waals surface area contributed by atoms with Gasteiger partial charge in [0.2, 0.25) is 0 Å². The van der Waals surface area contributed by atoms with Gasteiger partial charge in [0.15, 0.2) is 0 Å². The summed E-state index contributed by atoms with van der Waals surface area (Å²) in [6, 6.07) is 4.08. The molecule has 0 radical (unpaired) electrons. The third-order valence-electron chi connectivity index (χ3n) is 2.43. The Balaban J connectivity index is 2.24. The molecule has 17 heavy (non-hydrogen) atoms. The molecular formula is C11H10BrF3N2. The molecule has 0 spiro atoms. The molecule has 0 fully saturated rings. The number of hydrogen-bond acceptors (Lipinski definition) is 2. The molecule has 2 rings (SSSR count). The summed E-state index contributed by atoms with van der Waals surface area (Å²) in [5.74, 6) is 0.750. The lowest BCUT2D eigenvalue weighted by Crippen LogP contribution is -2.11. The zero-order valence-electron chi connectivity index (χ0n) is 8.81. The van der Waals surface area contributed by atoms with Crippen LogP contribution in [-0.2, 0) is 6.18 Å². The molecule has 1 heterocycles. The van der Waals surface area contributed by atoms with Crippen molar-refractivity contribution in [3.05, 3.63) is 28.2 Å². The third kappa shape index (κ3) is 3.00. The van der Waals surface area contributed by atoms with E-state index in [2.05, 4.69) is 26.2 Å². The normalized spacial score (nSPS) is 15.9. The Kier molecular flexibility index (Phi) is 3.42. The van der Waals surface area contributed by atoms with Crippen LogP contribution in [-0.4, -0.2) is 12.4 Å². The van der Waals surface area contributed by atoms with Crippen molar-refractivity contribution in [2.45, 2.75) is 19.0 Å². The molecule has 1 aromatic rings. The fourth-order valence-corrected chi connectivity index (χ4v) is 2.10. The standard InChI is InChI=1S/C11H10BrF3N2/c12-9-4-3-7(6-8(9)11(13,14)15)17-10-2-1-5-16-10/h3-4,6H,1-2,5H2,(H,16,17). The van der Waals surface area contributed by atoms with Crippen LogP contribution < -0.4 is 5.32 Å². The first-order valence-corrected chi connectivity index (χ1v) is 5.93. The number of nitrogens with one attached hydrogen (secondary N) is 1. The van der Waals surface area contributed by atoms with Crippen molar-refractivity contribution < 1.29 is 13.2 Å². The lowest BCUT2D eigenvalue weighted by atomic mass is 10.2. The average Bonchev–Trinajstić information content (AvgIpc) is 2.72. The van der Waals surface area contributed by atoms with Gasteiger partial charge >= 0.3 is 6.18 Å². The van der Waals surface area contributed by atoms with Gasteiger partial charge in [-0.05, 0) is 24.6 Å². The first-order chi connectivity index (χ1) is 7.97. The summed E-state index contributed by atoms with van der Waals surface area (Å²) in [4.78, 5) is 4.16. The molecule has 0 saturated carbocycles. The van der Waals surface area contributed by atoms with E-state index in [-0.39, 0.29) is 4.47 Å². The highest BCUT2D eigenvalue weighted by atomic mass is 79.9. The summed E-state index contributed by atoms with van der Waals surface area (Å²) in [5, 5.41) is 2.91. The van der Waals surface area contributed by atoms with Gasteiger partial charge in [0.1, 0.15) is 5.84 Å². The summed E-state index contributed by atoms with van der Waals surface area (Å²) >= 11 is 2.90. The van der Waals surface area contributed by atoms with Crippen molar-refractivity contribution in [2.24, 2.45) is 4.99 Å². The van der Waals surface area contributed by atoms with Gasteiger partial charge in [0.05, 0.1) is 5.56 Å². The smallest absolute Gasteiger partial charge is 0.344 e. The maximum atomic E-state index is 12.7. The zero-order valence-corrected chi connectivity index (χ0v) is 10.4. The molecule has 0 atom stereocenters. The number of halogens is 4. The summed E-state index contributed by atoms with van der Waals surface area (Å²) in [6.45, 7) is 0.741. The molecule has 0 aromatic heterocycles. The first kappa shape index (κ1) is 12.4. The minimum absolute atomic E-state index is 0.0453. The molecular weight excluding hydrogens is 297 g/mol. The molecule has 2 nitrogen and oxygen atoms in total. The molecule has 1 aliphatic heterocycles. The minimum atomic E-state index is -4.35. The second-order valence-electron chi connectivity index (χ2n) is 3.75. The first-order valence-electron chi connectivity index (χ1n) is 5.14. The topological polar surface area (TPSA) is 24.4 Å². The number of rotatable bonds is 1. The van der Waals surface area contributed by atoms with Crippen LogP contribution in [0.4, 0.5) is 18.9 Å². The molecule has 1 aliphatic rings. The maximum Gasteiger partial charge on any atom is 0.417 e. The molecule has 6 heteroatoms. The third-order valence-corrected chi connectivity index (χ3v) is 3.13. The van der Waals surface area contributed by atoms with Crippen LogP contribution in [0.3, 0.4) is 0 Å². The molecule has 1 N–H and O–H groups in total. The van der Waals surface area contributed by atoms with Gasteiger partial charge in [-0.3, -0.25) is 4.99 Å². The van der Waals surface area contributed by atoms with Crippen molar-refractivity contribution in [3.8, 4) is 0 Å². The summed E-state index contributed by atoms with van der Waals surface area (Å²) < 4.78 is 38.0. The maximum absolute atomic E-state index is 12.7. The number of alkyl halides is 3. The fourth-order valence-electron chi connectivity index (χ4n) is 1.63. The predicted molar refractivity (Wildman–Crippen MR) is 64.3 cm³/mol. The van der Waals surface area contributed by atoms with E-state index in [1.807, 2.05) is 0 Å². The minimum Gasteiger partial charge on any atom is -0.344 e. The van der Waals surface area contributed by atoms with Gasteiger partial charge in [0.25, 0.3) is 0 Å². The molecule has 92 valence electrons. The van der Waals surface area contributed by atoms with Gasteiger partial charge in [-0.15, -0.1) is 0 Å². The van der Waals surface area contributed by atoms with Crippen molar-refractivity contribution in [3.63, 3.8) is 0 Å². The lowest BCUT2D eigenvalue weighted by Gasteiger charge is -2.12. The van der Waals surface area contributed by atoms with Crippen LogP contribution in [0.5, 0.6) is 0 Å². The van der Waals surface area contributed by atoms with Crippen LogP contribution in [0, 0.1) is 0 Å². The number of nitrogens with zero attached hydrogens (tertiary/aromatic N) is 1. The Labute approximate surface area is 105 Å². The summed E-state index contributed by atoms with van der Waals surface area (Å²) in [5.41, 5.74) is -0.262. The zero-order chi connectivity index (χ0) is 12.5. The summed E-state index contributed by atoms with van der Waals surface area (Å²) in [6.07, 6.45) is -2.61. The van der Waals surface area contributed by atoms with Crippen LogP contribution in [0.2, 0.25) is 0 Å². The van der Waals surface area contributed by atoms with Crippen LogP contribution in [0.25, 0.3) is 0 Å². The molecule has 1 aromatic carbocycles. The van der Waals surface area contributed by atoms with Gasteiger partial charge in [-0.2, -0.15) is 13.2 Å². The molecule has 0 amide bonds. The number of hydrogen-bond donors (Lipinski definition) is 1. The fraction of sp³-hybridized carbons (Fsp3) is 0.364. The van der Waals surface area contributed by atoms with E-state index in [1.54, 1.807) is 6.07 Å². The van der Waals surface area contributed by atoms with Gasteiger partial charge < -0.3 is 5.32 Å².